The molecule has 1 amide bonds. The highest BCUT2D eigenvalue weighted by atomic mass is 32.2. The first kappa shape index (κ1) is 19.0. The molecule has 5 nitrogen and oxygen atoms in total. The van der Waals surface area contributed by atoms with Crippen molar-refractivity contribution in [1.82, 2.24) is 4.98 Å². The van der Waals surface area contributed by atoms with Crippen molar-refractivity contribution >= 4 is 32.2 Å². The zero-order chi connectivity index (χ0) is 18.6. The number of hydrogen-bond acceptors (Lipinski definition) is 5. The first-order valence-corrected chi connectivity index (χ1v) is 11.7. The van der Waals surface area contributed by atoms with Gasteiger partial charge in [-0.05, 0) is 30.7 Å². The number of carbonyl (C=O) groups excluding carboxylic acids is 1. The molecule has 0 bridgehead atoms. The highest BCUT2D eigenvalue weighted by molar-refractivity contribution is 7.91. The predicted octanol–water partition coefficient (Wildman–Crippen LogP) is 3.92. The van der Waals surface area contributed by atoms with Crippen molar-refractivity contribution in [3.63, 3.8) is 0 Å². The van der Waals surface area contributed by atoms with Gasteiger partial charge in [0.05, 0.1) is 17.2 Å². The molecular weight excluding hydrogens is 368 g/mol. The number of anilines is 1. The van der Waals surface area contributed by atoms with E-state index in [0.717, 1.165) is 17.7 Å². The highest BCUT2D eigenvalue weighted by Gasteiger charge is 2.29. The van der Waals surface area contributed by atoms with Crippen LogP contribution in [0.4, 0.5) is 5.13 Å². The summed E-state index contributed by atoms with van der Waals surface area (Å²) in [4.78, 5) is 16.6. The predicted molar refractivity (Wildman–Crippen MR) is 106 cm³/mol. The molecule has 0 radical (unpaired) electrons. The minimum atomic E-state index is -2.95. The fourth-order valence-electron chi connectivity index (χ4n) is 3.15. The number of rotatable bonds is 7. The number of nitrogens with one attached hydrogen (secondary N) is 1. The van der Waals surface area contributed by atoms with Crippen LogP contribution in [0.25, 0.3) is 11.3 Å². The summed E-state index contributed by atoms with van der Waals surface area (Å²) in [5.74, 6) is 0.0761. The van der Waals surface area contributed by atoms with E-state index < -0.39 is 9.84 Å². The van der Waals surface area contributed by atoms with Gasteiger partial charge in [0, 0.05) is 17.4 Å². The Bertz CT molecular complexity index is 857. The molecule has 1 unspecified atom stereocenters. The van der Waals surface area contributed by atoms with Crippen LogP contribution >= 0.6 is 11.3 Å². The number of sulfone groups is 1. The van der Waals surface area contributed by atoms with Crippen LogP contribution in [0.1, 0.15) is 38.2 Å². The smallest absolute Gasteiger partial charge is 0.226 e. The van der Waals surface area contributed by atoms with Gasteiger partial charge < -0.3 is 5.32 Å². The summed E-state index contributed by atoms with van der Waals surface area (Å²) < 4.78 is 23.0. The summed E-state index contributed by atoms with van der Waals surface area (Å²) in [6.07, 6.45) is 4.27. The van der Waals surface area contributed by atoms with Gasteiger partial charge in [0.2, 0.25) is 5.91 Å². The van der Waals surface area contributed by atoms with Gasteiger partial charge in [-0.25, -0.2) is 13.4 Å². The van der Waals surface area contributed by atoms with E-state index in [-0.39, 0.29) is 29.8 Å². The highest BCUT2D eigenvalue weighted by Crippen LogP contribution is 2.27. The molecule has 26 heavy (non-hydrogen) atoms. The fraction of sp³-hybridized carbons (Fsp3) is 0.474. The molecular formula is C19H24N2O3S2. The van der Waals surface area contributed by atoms with E-state index in [2.05, 4.69) is 41.5 Å². The SMILES string of the molecule is CCCCc1ccc(-c2csc(NC(=O)CC3CCS(=O)(=O)C3)n2)cc1. The zero-order valence-corrected chi connectivity index (χ0v) is 16.5. The van der Waals surface area contributed by atoms with Gasteiger partial charge >= 0.3 is 0 Å². The molecule has 2 aromatic rings. The van der Waals surface area contributed by atoms with E-state index >= 15 is 0 Å². The molecule has 140 valence electrons. The lowest BCUT2D eigenvalue weighted by molar-refractivity contribution is -0.116. The van der Waals surface area contributed by atoms with Crippen molar-refractivity contribution in [2.24, 2.45) is 5.92 Å². The lowest BCUT2D eigenvalue weighted by Gasteiger charge is -2.06. The number of thiazole rings is 1. The van der Waals surface area contributed by atoms with Gasteiger partial charge in [0.1, 0.15) is 0 Å². The number of aryl methyl sites for hydroxylation is 1. The molecule has 1 atom stereocenters. The summed E-state index contributed by atoms with van der Waals surface area (Å²) in [7, 11) is -2.95. The normalized spacial score (nSPS) is 18.7. The topological polar surface area (TPSA) is 76.1 Å². The first-order valence-electron chi connectivity index (χ1n) is 9.00. The Labute approximate surface area is 158 Å². The largest absolute Gasteiger partial charge is 0.302 e. The molecule has 0 aliphatic carbocycles. The maximum absolute atomic E-state index is 12.1. The third kappa shape index (κ3) is 5.14. The van der Waals surface area contributed by atoms with E-state index in [9.17, 15) is 13.2 Å². The molecule has 2 heterocycles. The maximum Gasteiger partial charge on any atom is 0.226 e. The van der Waals surface area contributed by atoms with Crippen LogP contribution < -0.4 is 5.32 Å². The van der Waals surface area contributed by atoms with E-state index in [4.69, 9.17) is 0 Å². The third-order valence-corrected chi connectivity index (χ3v) is 7.21. The molecule has 1 aromatic carbocycles. The van der Waals surface area contributed by atoms with Crippen LogP contribution in [0.3, 0.4) is 0 Å². The van der Waals surface area contributed by atoms with Crippen molar-refractivity contribution < 1.29 is 13.2 Å². The fourth-order valence-corrected chi connectivity index (χ4v) is 5.75. The zero-order valence-electron chi connectivity index (χ0n) is 14.9. The quantitative estimate of drug-likeness (QED) is 0.775. The standard InChI is InChI=1S/C19H24N2O3S2/c1-2-3-4-14-5-7-16(8-6-14)17-12-25-19(20-17)21-18(22)11-15-9-10-26(23,24)13-15/h5-8,12,15H,2-4,9-11,13H2,1H3,(H,20,21,22). The Hall–Kier alpha value is -1.73. The van der Waals surface area contributed by atoms with Crippen LogP contribution in [-0.4, -0.2) is 30.8 Å². The van der Waals surface area contributed by atoms with Crippen LogP contribution in [0.2, 0.25) is 0 Å². The van der Waals surface area contributed by atoms with E-state index in [1.807, 2.05) is 5.38 Å². The second-order valence-electron chi connectivity index (χ2n) is 6.86. The number of nitrogens with zero attached hydrogens (tertiary/aromatic N) is 1. The van der Waals surface area contributed by atoms with Crippen molar-refractivity contribution in [2.45, 2.75) is 39.0 Å². The van der Waals surface area contributed by atoms with E-state index in [1.165, 1.54) is 29.7 Å². The lowest BCUT2D eigenvalue weighted by atomic mass is 10.1. The minimum absolute atomic E-state index is 0.0740. The summed E-state index contributed by atoms with van der Waals surface area (Å²) in [6.45, 7) is 2.19. The van der Waals surface area contributed by atoms with Crippen molar-refractivity contribution in [3.8, 4) is 11.3 Å². The van der Waals surface area contributed by atoms with Crippen molar-refractivity contribution in [3.05, 3.63) is 35.2 Å². The summed E-state index contributed by atoms with van der Waals surface area (Å²) in [6, 6.07) is 8.39. The van der Waals surface area contributed by atoms with Gasteiger partial charge in [-0.15, -0.1) is 11.3 Å². The molecule has 1 aliphatic rings. The molecule has 1 aliphatic heterocycles. The van der Waals surface area contributed by atoms with E-state index in [0.29, 0.717) is 11.6 Å². The minimum Gasteiger partial charge on any atom is -0.302 e. The second kappa shape index (κ2) is 8.31. The van der Waals surface area contributed by atoms with Crippen molar-refractivity contribution in [2.75, 3.05) is 16.8 Å². The van der Waals surface area contributed by atoms with E-state index in [1.54, 1.807) is 0 Å². The molecule has 3 rings (SSSR count). The number of amides is 1. The van der Waals surface area contributed by atoms with Gasteiger partial charge in [0.25, 0.3) is 0 Å². The number of benzene rings is 1. The van der Waals surface area contributed by atoms with Crippen LogP contribution in [0.15, 0.2) is 29.6 Å². The molecule has 1 aromatic heterocycles. The number of carbonyl (C=O) groups is 1. The molecule has 1 saturated heterocycles. The van der Waals surface area contributed by atoms with Gasteiger partial charge in [-0.1, -0.05) is 37.6 Å². The molecule has 0 spiro atoms. The molecule has 1 fully saturated rings. The summed E-state index contributed by atoms with van der Waals surface area (Å²) >= 11 is 1.39. The first-order chi connectivity index (χ1) is 12.4. The van der Waals surface area contributed by atoms with Crippen LogP contribution in [0, 0.1) is 5.92 Å². The Morgan fingerprint density at radius 2 is 2.08 bits per heavy atom. The third-order valence-electron chi connectivity index (χ3n) is 4.62. The van der Waals surface area contributed by atoms with Crippen molar-refractivity contribution in [1.29, 1.82) is 0 Å². The molecule has 0 saturated carbocycles. The Balaban J connectivity index is 1.56. The average molecular weight is 393 g/mol. The number of unbranched alkanes of at least 4 members (excludes halogenated alkanes) is 1. The average Bonchev–Trinajstić information content (AvgIpc) is 3.19. The molecule has 1 N–H and O–H groups in total. The molecule has 7 heteroatoms. The van der Waals surface area contributed by atoms with Gasteiger partial charge in [-0.2, -0.15) is 0 Å². The Kier molecular flexibility index (Phi) is 6.09. The maximum atomic E-state index is 12.1. The van der Waals surface area contributed by atoms with Gasteiger partial charge in [-0.3, -0.25) is 4.79 Å². The second-order valence-corrected chi connectivity index (χ2v) is 9.95. The summed E-state index contributed by atoms with van der Waals surface area (Å²) in [5, 5.41) is 5.28. The van der Waals surface area contributed by atoms with Crippen LogP contribution in [0.5, 0.6) is 0 Å². The summed E-state index contributed by atoms with van der Waals surface area (Å²) in [5.41, 5.74) is 3.20. The Morgan fingerprint density at radius 1 is 1.31 bits per heavy atom. The number of hydrogen-bond donors (Lipinski definition) is 1. The van der Waals surface area contributed by atoms with Gasteiger partial charge in [0.15, 0.2) is 15.0 Å². The number of aromatic nitrogens is 1. The monoisotopic (exact) mass is 392 g/mol. The van der Waals surface area contributed by atoms with Crippen LogP contribution in [-0.2, 0) is 21.1 Å². The lowest BCUT2D eigenvalue weighted by Crippen LogP contribution is -2.17. The Morgan fingerprint density at radius 3 is 2.73 bits per heavy atom.